The van der Waals surface area contributed by atoms with Gasteiger partial charge in [0.15, 0.2) is 56.7 Å². The van der Waals surface area contributed by atoms with E-state index in [0.717, 1.165) is 11.7 Å². The topological polar surface area (TPSA) is 839 Å². The highest BCUT2D eigenvalue weighted by Crippen LogP contribution is 2.59. The van der Waals surface area contributed by atoms with Crippen molar-refractivity contribution in [3.63, 3.8) is 0 Å². The van der Waals surface area contributed by atoms with E-state index in [1.165, 1.54) is 97.3 Å². The first kappa shape index (κ1) is 109. The Morgan fingerprint density at radius 3 is 0.893 bits per heavy atom. The molecular formula is C72H93N30O33P7S7. The molecule has 0 amide bonds. The van der Waals surface area contributed by atoms with Crippen molar-refractivity contribution >= 4 is 221 Å². The summed E-state index contributed by atoms with van der Waals surface area (Å²) in [5.74, 6) is -0.597. The maximum Gasteiger partial charge on any atom is 0.351 e. The standard InChI is InChI=1S/C72H93N30O33P7S7/c1-5-31-32(6-45(122-31)97-14-30(3)66(103)95-72(97)107)130-137(109,144)116-17-41-35(9-48(125-41)99-25-86-53-59(75)80-22-83-62(53)99)132-140(112,147)118-16-40-34(7-46(123-40)96-13-29(2)57(73)90-71(96)106)131-138(110,145)119-18-42-36(10-49(126-42)100-26-87-54-60(76)81-23-84-63(54)100)133-141(113,148)120-19-43-38(12-51(127-43)102-28-89-56-65(102)92-70(78)94-68(56)105)135-142(114,149)121-20-44-37(11-50(128-44)101-27-88-55-64(101)91-69(77)93-67(55)104)134-139(111,146)117-15-39-33(129-136(108,143)115-4)8-47(124-39)98-24-85-52-58(74)79-21-82-61(52)98/h13-14,21-28,31-51H,5-12,15-20H2,1-4H3,(H,108,143)(H,109,144)(H,110,145)(H,111,146)(H,112,147)(H,113,148)(H,114,149)(H2,73,90,106)(H2,74,79,82)(H2,75,80,83)(H2,76,81,84)(H,95,103,107)(H3,77,91,93,104)(H3,78,92,94,105)/t31-,32?,33?,34?,35?,36?,37?,38?,39-,40-,41-,42-,43-,44-,45-,46-,47-,48-,49-,50-,51-,136?,137?,138?,139?,140?,141?,142?/m1/s1. The zero-order valence-electron chi connectivity index (χ0n) is 77.4. The number of rotatable bonds is 41. The normalized spacial score (nSPS) is 29.2. The number of hydrogen-bond donors (Lipinski definition) is 16. The minimum Gasteiger partial charge on any atom is -0.383 e. The first-order chi connectivity index (χ1) is 70.6. The van der Waals surface area contributed by atoms with Gasteiger partial charge in [0.2, 0.25) is 11.9 Å². The van der Waals surface area contributed by atoms with Gasteiger partial charge in [-0.3, -0.25) is 61.3 Å². The van der Waals surface area contributed by atoms with Gasteiger partial charge in [0.25, 0.3) is 16.7 Å². The van der Waals surface area contributed by atoms with Gasteiger partial charge in [-0.05, 0) is 103 Å². The molecule has 19 rings (SSSR count). The second-order valence-corrected chi connectivity index (χ2v) is 54.1. The molecule has 0 radical (unpaired) electrons. The molecular weight excluding hydrogens is 2250 g/mol. The first-order valence-electron chi connectivity index (χ1n) is 44.6. The first-order valence-corrected chi connectivity index (χ1v) is 62.7. The lowest BCUT2D eigenvalue weighted by Crippen LogP contribution is -2.33. The van der Waals surface area contributed by atoms with Crippen LogP contribution in [0.4, 0.5) is 35.2 Å². The number of nitrogens with one attached hydrogen (secondary N) is 3. The fraction of sp³-hybridized carbons (Fsp3) is 0.542. The Balaban J connectivity index is 0.545. The second-order valence-electron chi connectivity index (χ2n) is 34.5. The van der Waals surface area contributed by atoms with Crippen LogP contribution >= 0.6 is 47.0 Å². The van der Waals surface area contributed by atoms with E-state index in [1.807, 2.05) is 0 Å². The number of hydrogen-bond acceptors (Lipinski definition) is 53. The van der Waals surface area contributed by atoms with Crippen molar-refractivity contribution in [2.45, 2.75) is 201 Å². The number of ether oxygens (including phenoxy) is 7. The maximum absolute atomic E-state index is 13.7. The predicted octanol–water partition coefficient (Wildman–Crippen LogP) is 1.07. The lowest BCUT2D eigenvalue weighted by molar-refractivity contribution is -0.0566. The van der Waals surface area contributed by atoms with Crippen LogP contribution in [0, 0.1) is 13.8 Å². The summed E-state index contributed by atoms with van der Waals surface area (Å²) in [7, 11) is 1.15. The van der Waals surface area contributed by atoms with E-state index in [2.05, 4.69) is 84.7 Å². The van der Waals surface area contributed by atoms with Gasteiger partial charge in [-0.15, -0.1) is 0 Å². The third-order valence-corrected chi connectivity index (χ3v) is 36.0. The van der Waals surface area contributed by atoms with E-state index >= 15 is 0 Å². The van der Waals surface area contributed by atoms with E-state index in [1.54, 1.807) is 13.8 Å². The summed E-state index contributed by atoms with van der Waals surface area (Å²) < 4.78 is 139. The highest BCUT2D eigenvalue weighted by Gasteiger charge is 2.52. The van der Waals surface area contributed by atoms with E-state index in [0.29, 0.717) is 12.0 Å². The van der Waals surface area contributed by atoms with Gasteiger partial charge in [-0.2, -0.15) is 15.0 Å². The molecule has 22 N–H and O–H groups in total. The number of aromatic nitrogens is 24. The highest BCUT2D eigenvalue weighted by atomic mass is 32.5. The molecule has 0 aromatic carbocycles. The molecule has 12 aromatic heterocycles. The van der Waals surface area contributed by atoms with Crippen LogP contribution in [0.2, 0.25) is 0 Å². The zero-order chi connectivity index (χ0) is 106. The van der Waals surface area contributed by atoms with E-state index in [9.17, 15) is 58.2 Å². The molecule has 19 heterocycles. The van der Waals surface area contributed by atoms with Crippen LogP contribution in [0.15, 0.2) is 87.0 Å². The third kappa shape index (κ3) is 24.4. The summed E-state index contributed by atoms with van der Waals surface area (Å²) in [5, 5.41) is 0. The molecule has 7 aliphatic heterocycles. The van der Waals surface area contributed by atoms with E-state index < -0.39 is 244 Å². The Hall–Kier alpha value is -7.86. The number of nitrogen functional groups attached to an aromatic ring is 6. The smallest absolute Gasteiger partial charge is 0.351 e. The number of imidazole rings is 5. The van der Waals surface area contributed by atoms with Crippen molar-refractivity contribution < 1.29 is 131 Å². The van der Waals surface area contributed by atoms with Crippen LogP contribution in [0.3, 0.4) is 0 Å². The fourth-order valence-corrected chi connectivity index (χ4v) is 27.5. The molecule has 0 spiro atoms. The fourth-order valence-electron chi connectivity index (χ4n) is 17.7. The molecule has 806 valence electrons. The van der Waals surface area contributed by atoms with Gasteiger partial charge < -0.3 is 165 Å². The molecule has 7 aliphatic rings. The van der Waals surface area contributed by atoms with Crippen molar-refractivity contribution in [1.29, 1.82) is 0 Å². The van der Waals surface area contributed by atoms with Crippen LogP contribution in [-0.4, -0.2) is 283 Å². The molecule has 63 nitrogen and oxygen atoms in total. The number of aromatic amines is 3. The van der Waals surface area contributed by atoms with Crippen molar-refractivity contribution in [3.8, 4) is 0 Å². The molecule has 0 bridgehead atoms. The molecule has 77 heteroatoms. The highest BCUT2D eigenvalue weighted by molar-refractivity contribution is 8.09. The van der Waals surface area contributed by atoms with Gasteiger partial charge in [-0.1, -0.05) is 6.92 Å². The van der Waals surface area contributed by atoms with Crippen LogP contribution in [0.25, 0.3) is 55.8 Å². The quantitative estimate of drug-likeness (QED) is 0.0238. The Kier molecular flexibility index (Phi) is 32.1. The Morgan fingerprint density at radius 1 is 0.329 bits per heavy atom. The van der Waals surface area contributed by atoms with Gasteiger partial charge in [0, 0.05) is 75.6 Å². The number of aryl methyl sites for hydroxylation is 2. The molecule has 7 fully saturated rings. The van der Waals surface area contributed by atoms with Gasteiger partial charge in [-0.25, -0.2) is 64.4 Å². The summed E-state index contributed by atoms with van der Waals surface area (Å²) in [6.45, 7) is -30.8. The van der Waals surface area contributed by atoms with Gasteiger partial charge in [0.05, 0.1) is 120 Å². The number of anilines is 6. The number of fused-ring (bicyclic) bond motifs is 5. The average Bonchev–Trinajstić information content (AvgIpc) is 1.62. The number of nitrogens with zero attached hydrogens (tertiary/aromatic N) is 21. The largest absolute Gasteiger partial charge is 0.383 e. The van der Waals surface area contributed by atoms with E-state index in [4.69, 9.17) is 214 Å². The van der Waals surface area contributed by atoms with Crippen molar-refractivity contribution in [3.05, 3.63) is 126 Å². The molecule has 12 aromatic rings. The van der Waals surface area contributed by atoms with Crippen molar-refractivity contribution in [2.24, 2.45) is 0 Å². The number of H-pyrrole nitrogens is 3. The Morgan fingerprint density at radius 2 is 0.591 bits per heavy atom. The van der Waals surface area contributed by atoms with E-state index in [-0.39, 0.29) is 141 Å². The molecule has 149 heavy (non-hydrogen) atoms. The van der Waals surface area contributed by atoms with Crippen LogP contribution < -0.4 is 62.5 Å². The zero-order valence-corrected chi connectivity index (χ0v) is 89.4. The Labute approximate surface area is 871 Å². The van der Waals surface area contributed by atoms with Crippen LogP contribution in [0.1, 0.15) is 113 Å². The monoisotopic (exact) mass is 2350 g/mol. The summed E-state index contributed by atoms with van der Waals surface area (Å²) in [6, 6.07) is 0. The molecule has 0 aliphatic carbocycles. The van der Waals surface area contributed by atoms with Crippen molar-refractivity contribution in [1.82, 2.24) is 117 Å². The molecule has 14 unspecified atom stereocenters. The number of nitrogens with two attached hydrogens (primary N) is 6. The Bertz CT molecular complexity index is 7810. The maximum atomic E-state index is 13.7. The SMILES string of the molecule is CC[C@H]1O[C@@H](n2cc(C)c(=O)[nH]c2=O)CC1OP(O)(=S)OC[C@H]1O[C@@H](n2cnc3c(N)ncnc32)CC1OP(O)(=S)OC[C@H]1O[C@@H](n2cc(C)c(N)nc2=O)CC1OP(O)(=S)OC[C@H]1O[C@@H](n2cnc3c(N)ncnc32)CC1OP(O)(=S)OC[C@H]1O[C@@H](n2cnc3c(=O)[nH]c(N)nc32)CC1OP(O)(=S)OC[C@H]1O[C@@H](n2cnc3c(=O)[nH]c(N)nc32)CC1OP(O)(=S)OC[C@H]1O[C@@H](n2cnc3c(N)ncnc32)CC1OP(O)(=S)OC. The summed E-state index contributed by atoms with van der Waals surface area (Å²) in [5.41, 5.74) is 34.3. The minimum atomic E-state index is -4.72. The van der Waals surface area contributed by atoms with Crippen LogP contribution in [0.5, 0.6) is 0 Å². The van der Waals surface area contributed by atoms with Gasteiger partial charge >= 0.3 is 58.4 Å². The predicted molar refractivity (Wildman–Crippen MR) is 540 cm³/mol. The summed E-state index contributed by atoms with van der Waals surface area (Å²) in [4.78, 5) is 215. The minimum absolute atomic E-state index is 0.00662. The molecule has 28 atom stereocenters. The second kappa shape index (κ2) is 43.7. The molecule has 0 saturated carbocycles. The third-order valence-electron chi connectivity index (χ3n) is 24.7. The van der Waals surface area contributed by atoms with Crippen molar-refractivity contribution in [2.75, 3.05) is 81.2 Å². The lowest BCUT2D eigenvalue weighted by atomic mass is 10.1. The van der Waals surface area contributed by atoms with Crippen LogP contribution in [-0.2, 0) is 179 Å². The van der Waals surface area contributed by atoms with Gasteiger partial charge in [0.1, 0.15) is 122 Å². The summed E-state index contributed by atoms with van der Waals surface area (Å²) in [6.07, 6.45) is -13.7. The average molecular weight is 2350 g/mol. The summed E-state index contributed by atoms with van der Waals surface area (Å²) >= 11 is 39.4. The molecule has 7 saturated heterocycles. The lowest BCUT2D eigenvalue weighted by Gasteiger charge is -2.29.